The number of benzene rings is 1. The second kappa shape index (κ2) is 14.5. The molecule has 7 heteroatoms. The Labute approximate surface area is 204 Å². The summed E-state index contributed by atoms with van der Waals surface area (Å²) in [6, 6.07) is 8.68. The van der Waals surface area contributed by atoms with E-state index in [-0.39, 0.29) is 24.0 Å². The average Bonchev–Trinajstić information content (AvgIpc) is 2.99. The predicted molar refractivity (Wildman–Crippen MR) is 140 cm³/mol. The van der Waals surface area contributed by atoms with Gasteiger partial charge in [-0.15, -0.1) is 24.0 Å². The number of nitrogens with zero attached hydrogens (tertiary/aromatic N) is 4. The van der Waals surface area contributed by atoms with E-state index in [0.29, 0.717) is 6.54 Å². The van der Waals surface area contributed by atoms with Gasteiger partial charge in [0, 0.05) is 32.0 Å². The third-order valence-corrected chi connectivity index (χ3v) is 5.67. The van der Waals surface area contributed by atoms with Crippen LogP contribution in [0.5, 0.6) is 0 Å². The Morgan fingerprint density at radius 3 is 2.58 bits per heavy atom. The minimum atomic E-state index is 0. The molecule has 3 rings (SSSR count). The number of aromatic nitrogens is 2. The highest BCUT2D eigenvalue weighted by Crippen LogP contribution is 2.11. The number of imidazole rings is 1. The zero-order valence-electron chi connectivity index (χ0n) is 19.1. The van der Waals surface area contributed by atoms with Gasteiger partial charge in [0.15, 0.2) is 5.96 Å². The molecule has 1 aliphatic heterocycles. The van der Waals surface area contributed by atoms with E-state index < -0.39 is 0 Å². The zero-order valence-corrected chi connectivity index (χ0v) is 21.5. The normalized spacial score (nSPS) is 15.2. The molecule has 0 bridgehead atoms. The Morgan fingerprint density at radius 1 is 1.10 bits per heavy atom. The molecule has 0 saturated carbocycles. The lowest BCUT2D eigenvalue weighted by Crippen LogP contribution is -2.39. The van der Waals surface area contributed by atoms with Gasteiger partial charge in [-0.2, -0.15) is 0 Å². The van der Waals surface area contributed by atoms with E-state index in [9.17, 15) is 0 Å². The van der Waals surface area contributed by atoms with Crippen molar-refractivity contribution in [1.82, 2.24) is 25.1 Å². The monoisotopic (exact) mass is 538 g/mol. The second-order valence-corrected chi connectivity index (χ2v) is 8.15. The summed E-state index contributed by atoms with van der Waals surface area (Å²) in [7, 11) is 0. The summed E-state index contributed by atoms with van der Waals surface area (Å²) < 4.78 is 2.16. The Kier molecular flexibility index (Phi) is 12.0. The first kappa shape index (κ1) is 25.6. The standard InChI is InChI=1S/C24H38N6.HI/c1-3-25-24(27-12-9-16-29-14-6-4-5-7-15-29)28-19-22-10-8-11-23(18-22)20-30-17-13-26-21(30)2;/h8,10-11,13,17-18H,3-7,9,12,14-16,19-20H2,1-2H3,(H2,25,27,28);1H. The van der Waals surface area contributed by atoms with Crippen LogP contribution in [0, 0.1) is 6.92 Å². The minimum absolute atomic E-state index is 0. The molecular weight excluding hydrogens is 499 g/mol. The number of rotatable bonds is 9. The van der Waals surface area contributed by atoms with Crippen LogP contribution in [0.4, 0.5) is 0 Å². The van der Waals surface area contributed by atoms with Crippen LogP contribution in [0.25, 0.3) is 0 Å². The van der Waals surface area contributed by atoms with Crippen LogP contribution in [0.3, 0.4) is 0 Å². The maximum Gasteiger partial charge on any atom is 0.191 e. The Balaban J connectivity index is 0.00000341. The summed E-state index contributed by atoms with van der Waals surface area (Å²) in [5.74, 6) is 1.95. The lowest BCUT2D eigenvalue weighted by molar-refractivity contribution is 0.282. The number of hydrogen-bond donors (Lipinski definition) is 2. The highest BCUT2D eigenvalue weighted by Gasteiger charge is 2.08. The van der Waals surface area contributed by atoms with Crippen LogP contribution < -0.4 is 10.6 Å². The van der Waals surface area contributed by atoms with Crippen molar-refractivity contribution in [3.63, 3.8) is 0 Å². The molecule has 0 atom stereocenters. The molecule has 6 nitrogen and oxygen atoms in total. The van der Waals surface area contributed by atoms with E-state index in [4.69, 9.17) is 4.99 Å². The quantitative estimate of drug-likeness (QED) is 0.218. The molecule has 1 aromatic carbocycles. The smallest absolute Gasteiger partial charge is 0.191 e. The molecule has 0 amide bonds. The van der Waals surface area contributed by atoms with E-state index in [1.54, 1.807) is 0 Å². The van der Waals surface area contributed by atoms with Gasteiger partial charge in [0.25, 0.3) is 0 Å². The van der Waals surface area contributed by atoms with E-state index in [1.807, 2.05) is 19.3 Å². The first-order valence-electron chi connectivity index (χ1n) is 11.5. The van der Waals surface area contributed by atoms with Gasteiger partial charge in [0.1, 0.15) is 5.82 Å². The molecule has 0 unspecified atom stereocenters. The van der Waals surface area contributed by atoms with Crippen molar-refractivity contribution < 1.29 is 0 Å². The predicted octanol–water partition coefficient (Wildman–Crippen LogP) is 4.18. The van der Waals surface area contributed by atoms with Crippen molar-refractivity contribution in [2.24, 2.45) is 4.99 Å². The SMILES string of the molecule is CCNC(=NCc1cccc(Cn2ccnc2C)c1)NCCCN1CCCCCC1.I. The van der Waals surface area contributed by atoms with Crippen molar-refractivity contribution in [2.45, 2.75) is 59.0 Å². The van der Waals surface area contributed by atoms with Crippen molar-refractivity contribution in [3.05, 3.63) is 53.6 Å². The fourth-order valence-electron chi connectivity index (χ4n) is 3.98. The average molecular weight is 539 g/mol. The van der Waals surface area contributed by atoms with Gasteiger partial charge in [-0.05, 0) is 63.9 Å². The summed E-state index contributed by atoms with van der Waals surface area (Å²) in [5, 5.41) is 6.88. The van der Waals surface area contributed by atoms with E-state index in [2.05, 4.69) is 56.3 Å². The number of halogens is 1. The largest absolute Gasteiger partial charge is 0.357 e. The van der Waals surface area contributed by atoms with Crippen molar-refractivity contribution >= 4 is 29.9 Å². The van der Waals surface area contributed by atoms with Gasteiger partial charge in [-0.25, -0.2) is 9.98 Å². The third-order valence-electron chi connectivity index (χ3n) is 5.67. The van der Waals surface area contributed by atoms with E-state index in [1.165, 1.54) is 56.4 Å². The van der Waals surface area contributed by atoms with Crippen LogP contribution >= 0.6 is 24.0 Å². The molecule has 1 fully saturated rings. The highest BCUT2D eigenvalue weighted by atomic mass is 127. The van der Waals surface area contributed by atoms with Gasteiger partial charge in [-0.1, -0.05) is 37.1 Å². The van der Waals surface area contributed by atoms with Gasteiger partial charge in [0.2, 0.25) is 0 Å². The Bertz CT molecular complexity index is 780. The van der Waals surface area contributed by atoms with Gasteiger partial charge in [0.05, 0.1) is 6.54 Å². The number of aliphatic imine (C=N–C) groups is 1. The van der Waals surface area contributed by atoms with E-state index >= 15 is 0 Å². The number of guanidine groups is 1. The molecule has 1 saturated heterocycles. The van der Waals surface area contributed by atoms with Crippen molar-refractivity contribution in [3.8, 4) is 0 Å². The van der Waals surface area contributed by atoms with Gasteiger partial charge >= 0.3 is 0 Å². The molecule has 0 spiro atoms. The number of hydrogen-bond acceptors (Lipinski definition) is 3. The van der Waals surface area contributed by atoms with Crippen molar-refractivity contribution in [2.75, 3.05) is 32.7 Å². The first-order chi connectivity index (χ1) is 14.7. The van der Waals surface area contributed by atoms with Crippen LogP contribution in [0.15, 0.2) is 41.7 Å². The molecule has 0 aliphatic carbocycles. The molecular formula is C24H39IN6. The van der Waals surface area contributed by atoms with Crippen LogP contribution in [-0.4, -0.2) is 53.1 Å². The number of likely N-dealkylation sites (tertiary alicyclic amines) is 1. The van der Waals surface area contributed by atoms with Gasteiger partial charge < -0.3 is 20.1 Å². The summed E-state index contributed by atoms with van der Waals surface area (Å²) >= 11 is 0. The lowest BCUT2D eigenvalue weighted by atomic mass is 10.1. The van der Waals surface area contributed by atoms with Crippen LogP contribution in [-0.2, 0) is 13.1 Å². The van der Waals surface area contributed by atoms with Crippen LogP contribution in [0.1, 0.15) is 56.0 Å². The molecule has 1 aromatic heterocycles. The highest BCUT2D eigenvalue weighted by molar-refractivity contribution is 14.0. The summed E-state index contributed by atoms with van der Waals surface area (Å²) in [5.41, 5.74) is 2.51. The topological polar surface area (TPSA) is 57.5 Å². The molecule has 2 aromatic rings. The summed E-state index contributed by atoms with van der Waals surface area (Å²) in [6.45, 7) is 11.2. The van der Waals surface area contributed by atoms with Crippen LogP contribution in [0.2, 0.25) is 0 Å². The first-order valence-corrected chi connectivity index (χ1v) is 11.5. The molecule has 2 heterocycles. The van der Waals surface area contributed by atoms with E-state index in [0.717, 1.165) is 37.8 Å². The summed E-state index contributed by atoms with van der Waals surface area (Å²) in [6.07, 6.45) is 10.5. The second-order valence-electron chi connectivity index (χ2n) is 8.15. The Hall–Kier alpha value is -1.61. The van der Waals surface area contributed by atoms with Crippen molar-refractivity contribution in [1.29, 1.82) is 0 Å². The summed E-state index contributed by atoms with van der Waals surface area (Å²) in [4.78, 5) is 11.7. The zero-order chi connectivity index (χ0) is 21.0. The maximum atomic E-state index is 4.80. The fraction of sp³-hybridized carbons (Fsp3) is 0.583. The number of aryl methyl sites for hydroxylation is 1. The molecule has 172 valence electrons. The molecule has 31 heavy (non-hydrogen) atoms. The lowest BCUT2D eigenvalue weighted by Gasteiger charge is -2.20. The maximum absolute atomic E-state index is 4.80. The van der Waals surface area contributed by atoms with Gasteiger partial charge in [-0.3, -0.25) is 0 Å². The Morgan fingerprint density at radius 2 is 1.87 bits per heavy atom. The molecule has 1 aliphatic rings. The fourth-order valence-corrected chi connectivity index (χ4v) is 3.98. The molecule has 2 N–H and O–H groups in total. The number of nitrogens with one attached hydrogen (secondary N) is 2. The molecule has 0 radical (unpaired) electrons. The minimum Gasteiger partial charge on any atom is -0.357 e. The third kappa shape index (κ3) is 9.19.